The number of carbonyl (C=O) groups is 1. The van der Waals surface area contributed by atoms with Crippen molar-refractivity contribution in [1.82, 2.24) is 15.6 Å². The summed E-state index contributed by atoms with van der Waals surface area (Å²) in [6.45, 7) is 0. The smallest absolute Gasteiger partial charge is 0.433 e. The van der Waals surface area contributed by atoms with Crippen LogP contribution in [0.4, 0.5) is 10.7 Å². The summed E-state index contributed by atoms with van der Waals surface area (Å²) in [6.07, 6.45) is 2.07. The van der Waals surface area contributed by atoms with Crippen LogP contribution in [0.25, 0.3) is 11.5 Å². The highest BCUT2D eigenvalue weighted by Crippen LogP contribution is 2.26. The summed E-state index contributed by atoms with van der Waals surface area (Å²) >= 11 is 0. The lowest BCUT2D eigenvalue weighted by Crippen LogP contribution is -2.16. The van der Waals surface area contributed by atoms with Crippen molar-refractivity contribution in [2.24, 2.45) is 5.10 Å². The fourth-order valence-electron chi connectivity index (χ4n) is 1.35. The highest BCUT2D eigenvalue weighted by Gasteiger charge is 2.16. The van der Waals surface area contributed by atoms with E-state index in [1.54, 1.807) is 0 Å². The van der Waals surface area contributed by atoms with Crippen molar-refractivity contribution in [2.45, 2.75) is 0 Å². The van der Waals surface area contributed by atoms with E-state index in [0.717, 1.165) is 0 Å². The lowest BCUT2D eigenvalue weighted by Gasteiger charge is -1.95. The quantitative estimate of drug-likeness (QED) is 0.491. The molecule has 0 unspecified atom stereocenters. The average Bonchev–Trinajstić information content (AvgIpc) is 3.06. The SMILES string of the molecule is COC(=O)N/N=C/c1c[nH]nc1-c1ccc([N+](=O)[O-])o1. The van der Waals surface area contributed by atoms with E-state index in [0.29, 0.717) is 11.3 Å². The second-order valence-electron chi connectivity index (χ2n) is 3.45. The van der Waals surface area contributed by atoms with E-state index in [2.05, 4.69) is 25.5 Å². The van der Waals surface area contributed by atoms with Crippen molar-refractivity contribution in [1.29, 1.82) is 0 Å². The molecule has 0 aliphatic carbocycles. The average molecular weight is 279 g/mol. The predicted molar refractivity (Wildman–Crippen MR) is 66.1 cm³/mol. The van der Waals surface area contributed by atoms with E-state index in [9.17, 15) is 14.9 Å². The third kappa shape index (κ3) is 2.80. The summed E-state index contributed by atoms with van der Waals surface area (Å²) in [5, 5.41) is 20.6. The van der Waals surface area contributed by atoms with Crippen LogP contribution < -0.4 is 5.43 Å². The number of aromatic amines is 1. The second-order valence-corrected chi connectivity index (χ2v) is 3.45. The molecule has 104 valence electrons. The minimum Gasteiger partial charge on any atom is -0.452 e. The first-order chi connectivity index (χ1) is 9.61. The maximum Gasteiger partial charge on any atom is 0.433 e. The Bertz CT molecular complexity index is 659. The zero-order chi connectivity index (χ0) is 14.5. The highest BCUT2D eigenvalue weighted by atomic mass is 16.6. The number of amides is 1. The molecular weight excluding hydrogens is 270 g/mol. The predicted octanol–water partition coefficient (Wildman–Crippen LogP) is 1.27. The van der Waals surface area contributed by atoms with Gasteiger partial charge in [0.1, 0.15) is 10.6 Å². The van der Waals surface area contributed by atoms with E-state index in [1.165, 1.54) is 31.7 Å². The van der Waals surface area contributed by atoms with Gasteiger partial charge in [-0.2, -0.15) is 10.2 Å². The molecule has 0 saturated carbocycles. The van der Waals surface area contributed by atoms with Gasteiger partial charge in [0.05, 0.1) is 19.4 Å². The summed E-state index contributed by atoms with van der Waals surface area (Å²) in [6, 6.07) is 2.64. The zero-order valence-corrected chi connectivity index (χ0v) is 10.2. The van der Waals surface area contributed by atoms with Gasteiger partial charge >= 0.3 is 12.0 Å². The van der Waals surface area contributed by atoms with Crippen LogP contribution in [0, 0.1) is 10.1 Å². The van der Waals surface area contributed by atoms with E-state index >= 15 is 0 Å². The van der Waals surface area contributed by atoms with Crippen LogP contribution in [0.3, 0.4) is 0 Å². The molecule has 1 amide bonds. The molecule has 0 saturated heterocycles. The van der Waals surface area contributed by atoms with E-state index in [-0.39, 0.29) is 5.76 Å². The molecule has 2 aromatic rings. The molecule has 2 aromatic heterocycles. The Morgan fingerprint density at radius 2 is 2.45 bits per heavy atom. The number of aromatic nitrogens is 2. The standard InChI is InChI=1S/C10H9N5O5/c1-19-10(16)14-12-5-6-4-11-13-9(6)7-2-3-8(20-7)15(17)18/h2-5H,1H3,(H,11,13)(H,14,16)/b12-5+. The highest BCUT2D eigenvalue weighted by molar-refractivity contribution is 5.88. The van der Waals surface area contributed by atoms with Crippen molar-refractivity contribution < 1.29 is 18.9 Å². The number of furan rings is 1. The Labute approximate surface area is 111 Å². The number of H-pyrrole nitrogens is 1. The fraction of sp³-hybridized carbons (Fsp3) is 0.100. The molecule has 10 nitrogen and oxygen atoms in total. The molecule has 0 aromatic carbocycles. The van der Waals surface area contributed by atoms with Crippen LogP contribution in [0.5, 0.6) is 0 Å². The molecule has 10 heteroatoms. The third-order valence-electron chi connectivity index (χ3n) is 2.22. The van der Waals surface area contributed by atoms with Crippen LogP contribution in [-0.4, -0.2) is 34.5 Å². The largest absolute Gasteiger partial charge is 0.452 e. The minimum absolute atomic E-state index is 0.206. The number of nitro groups is 1. The topological polar surface area (TPSA) is 136 Å². The number of carbonyl (C=O) groups excluding carboxylic acids is 1. The molecular formula is C10H9N5O5. The molecule has 0 aliphatic heterocycles. The first-order valence-electron chi connectivity index (χ1n) is 5.27. The molecule has 2 N–H and O–H groups in total. The Morgan fingerprint density at radius 1 is 1.65 bits per heavy atom. The molecule has 2 rings (SSSR count). The van der Waals surface area contributed by atoms with Gasteiger partial charge in [0, 0.05) is 11.8 Å². The van der Waals surface area contributed by atoms with E-state index < -0.39 is 16.9 Å². The van der Waals surface area contributed by atoms with Gasteiger partial charge in [-0.05, 0) is 6.07 Å². The number of hydrogen-bond donors (Lipinski definition) is 2. The van der Waals surface area contributed by atoms with Crippen molar-refractivity contribution >= 4 is 18.2 Å². The van der Waals surface area contributed by atoms with Gasteiger partial charge in [-0.3, -0.25) is 15.2 Å². The van der Waals surface area contributed by atoms with Gasteiger partial charge in [0.15, 0.2) is 5.76 Å². The summed E-state index contributed by atoms with van der Waals surface area (Å²) in [7, 11) is 1.20. The van der Waals surface area contributed by atoms with Gasteiger partial charge in [-0.25, -0.2) is 10.2 Å². The molecule has 20 heavy (non-hydrogen) atoms. The van der Waals surface area contributed by atoms with Gasteiger partial charge in [0.25, 0.3) is 0 Å². The number of nitrogens with zero attached hydrogens (tertiary/aromatic N) is 3. The number of hydrazone groups is 1. The summed E-state index contributed by atoms with van der Waals surface area (Å²) < 4.78 is 9.36. The van der Waals surface area contributed by atoms with E-state index in [1.807, 2.05) is 0 Å². The number of rotatable bonds is 4. The van der Waals surface area contributed by atoms with Crippen molar-refractivity contribution in [3.63, 3.8) is 0 Å². The Hall–Kier alpha value is -3.17. The third-order valence-corrected chi connectivity index (χ3v) is 2.22. The minimum atomic E-state index is -0.722. The molecule has 0 spiro atoms. The van der Waals surface area contributed by atoms with Crippen LogP contribution in [0.15, 0.2) is 27.8 Å². The second kappa shape index (κ2) is 5.65. The number of methoxy groups -OCH3 is 1. The van der Waals surface area contributed by atoms with Gasteiger partial charge in [-0.15, -0.1) is 0 Å². The molecule has 0 bridgehead atoms. The Morgan fingerprint density at radius 3 is 3.10 bits per heavy atom. The van der Waals surface area contributed by atoms with Crippen LogP contribution >= 0.6 is 0 Å². The fourth-order valence-corrected chi connectivity index (χ4v) is 1.35. The molecule has 2 heterocycles. The van der Waals surface area contributed by atoms with E-state index in [4.69, 9.17) is 4.42 Å². The van der Waals surface area contributed by atoms with Gasteiger partial charge < -0.3 is 9.15 Å². The first-order valence-corrected chi connectivity index (χ1v) is 5.27. The number of nitrogens with one attached hydrogen (secondary N) is 2. The monoisotopic (exact) mass is 279 g/mol. The number of ether oxygens (including phenoxy) is 1. The van der Waals surface area contributed by atoms with Crippen LogP contribution in [0.2, 0.25) is 0 Å². The maximum atomic E-state index is 10.8. The normalized spacial score (nSPS) is 10.7. The molecule has 0 fully saturated rings. The molecule has 0 aliphatic rings. The maximum absolute atomic E-state index is 10.8. The lowest BCUT2D eigenvalue weighted by atomic mass is 10.2. The Balaban J connectivity index is 2.19. The lowest BCUT2D eigenvalue weighted by molar-refractivity contribution is -0.401. The van der Waals surface area contributed by atoms with Crippen LogP contribution in [-0.2, 0) is 4.74 Å². The number of hydrogen-bond acceptors (Lipinski definition) is 7. The summed E-state index contributed by atoms with van der Waals surface area (Å²) in [5.41, 5.74) is 2.91. The first kappa shape index (κ1) is 13.3. The molecule has 0 atom stereocenters. The van der Waals surface area contributed by atoms with Gasteiger partial charge in [0.2, 0.25) is 0 Å². The van der Waals surface area contributed by atoms with Crippen molar-refractivity contribution in [2.75, 3.05) is 7.11 Å². The van der Waals surface area contributed by atoms with Crippen LogP contribution in [0.1, 0.15) is 5.56 Å². The summed E-state index contributed by atoms with van der Waals surface area (Å²) in [5.74, 6) is -0.184. The van der Waals surface area contributed by atoms with Crippen molar-refractivity contribution in [3.8, 4) is 11.5 Å². The summed E-state index contributed by atoms with van der Waals surface area (Å²) in [4.78, 5) is 20.7. The Kier molecular flexibility index (Phi) is 3.75. The zero-order valence-electron chi connectivity index (χ0n) is 10.2. The van der Waals surface area contributed by atoms with Crippen molar-refractivity contribution in [3.05, 3.63) is 34.0 Å². The molecule has 0 radical (unpaired) electrons. The van der Waals surface area contributed by atoms with Gasteiger partial charge in [-0.1, -0.05) is 0 Å².